The van der Waals surface area contributed by atoms with E-state index in [4.69, 9.17) is 18.5 Å². The third kappa shape index (κ3) is 30.6. The monoisotopic (exact) mass is 644 g/mol. The lowest BCUT2D eigenvalue weighted by atomic mass is 10.1. The summed E-state index contributed by atoms with van der Waals surface area (Å²) >= 11 is 0. The number of hydrogen-bond donors (Lipinski definition) is 1. The van der Waals surface area contributed by atoms with Crippen LogP contribution < -0.4 is 0 Å². The Kier molecular flexibility index (Phi) is 30.5. The van der Waals surface area contributed by atoms with Gasteiger partial charge in [0, 0.05) is 12.8 Å². The van der Waals surface area contributed by atoms with Gasteiger partial charge in [-0.1, -0.05) is 109 Å². The van der Waals surface area contributed by atoms with Crippen molar-refractivity contribution in [2.45, 2.75) is 168 Å². The Labute approximate surface area is 269 Å². The quantitative estimate of drug-likeness (QED) is 0.0333. The number of unbranched alkanes of at least 4 members (excludes halogenated alkanes) is 16. The van der Waals surface area contributed by atoms with Gasteiger partial charge in [0.25, 0.3) is 0 Å². The van der Waals surface area contributed by atoms with Gasteiger partial charge in [0.2, 0.25) is 0 Å². The molecule has 0 saturated carbocycles. The Balaban J connectivity index is 4.21. The molecule has 0 bridgehead atoms. The van der Waals surface area contributed by atoms with E-state index in [0.29, 0.717) is 6.42 Å². The van der Waals surface area contributed by atoms with Crippen LogP contribution in [0, 0.1) is 0 Å². The highest BCUT2D eigenvalue weighted by molar-refractivity contribution is 7.47. The lowest BCUT2D eigenvalue weighted by Crippen LogP contribution is -2.29. The van der Waals surface area contributed by atoms with Crippen LogP contribution >= 0.6 is 7.82 Å². The first-order valence-electron chi connectivity index (χ1n) is 17.6. The van der Waals surface area contributed by atoms with Crippen molar-refractivity contribution in [1.29, 1.82) is 0 Å². The molecule has 0 aliphatic heterocycles. The number of carbonyl (C=O) groups excluding carboxylic acids is 2. The van der Waals surface area contributed by atoms with E-state index < -0.39 is 26.5 Å². The average Bonchev–Trinajstić information content (AvgIpc) is 2.99. The molecule has 0 aliphatic carbocycles. The predicted octanol–water partition coefficient (Wildman–Crippen LogP) is 10.3. The van der Waals surface area contributed by atoms with E-state index in [-0.39, 0.29) is 32.0 Å². The summed E-state index contributed by atoms with van der Waals surface area (Å²) in [5.41, 5.74) is 0. The molecule has 0 saturated heterocycles. The van der Waals surface area contributed by atoms with Crippen molar-refractivity contribution in [2.24, 2.45) is 0 Å². The molecule has 0 aliphatic rings. The van der Waals surface area contributed by atoms with Crippen molar-refractivity contribution in [3.63, 3.8) is 0 Å². The molecule has 0 aromatic carbocycles. The van der Waals surface area contributed by atoms with Crippen molar-refractivity contribution in [1.82, 2.24) is 0 Å². The zero-order valence-electron chi connectivity index (χ0n) is 28.3. The Morgan fingerprint density at radius 3 is 1.59 bits per heavy atom. The van der Waals surface area contributed by atoms with Crippen LogP contribution in [0.15, 0.2) is 24.3 Å². The highest BCUT2D eigenvalue weighted by atomic mass is 31.2. The van der Waals surface area contributed by atoms with Gasteiger partial charge in [-0.2, -0.15) is 0 Å². The number of phosphoric ester groups is 1. The molecular weight excluding hydrogens is 579 g/mol. The maximum Gasteiger partial charge on any atom is 0.472 e. The largest absolute Gasteiger partial charge is 0.472 e. The van der Waals surface area contributed by atoms with E-state index in [1.807, 2.05) is 0 Å². The van der Waals surface area contributed by atoms with Crippen molar-refractivity contribution >= 4 is 19.8 Å². The molecule has 0 rings (SSSR count). The number of ether oxygens (including phenoxy) is 2. The molecule has 0 aromatic heterocycles. The number of hydrogen-bond acceptors (Lipinski definition) is 7. The van der Waals surface area contributed by atoms with E-state index in [1.54, 1.807) is 6.92 Å². The normalized spacial score (nSPS) is 13.8. The van der Waals surface area contributed by atoms with Gasteiger partial charge < -0.3 is 14.4 Å². The van der Waals surface area contributed by atoms with Crippen LogP contribution in [-0.2, 0) is 32.7 Å². The number of allylic oxidation sites excluding steroid dienone is 4. The SMILES string of the molecule is CCC/C=C\CCCCCCCC(=O)OCC(COP(=O)(O)OCC)OC(=O)CCCCCCC/C=C\CCCCCCC. The lowest BCUT2D eigenvalue weighted by molar-refractivity contribution is -0.161. The van der Waals surface area contributed by atoms with E-state index in [2.05, 4.69) is 38.2 Å². The summed E-state index contributed by atoms with van der Waals surface area (Å²) in [6.07, 6.45) is 30.9. The van der Waals surface area contributed by atoms with Gasteiger partial charge in [-0.05, 0) is 64.7 Å². The average molecular weight is 645 g/mol. The maximum absolute atomic E-state index is 12.4. The molecule has 0 fully saturated rings. The van der Waals surface area contributed by atoms with Gasteiger partial charge in [0.05, 0.1) is 13.2 Å². The fourth-order valence-corrected chi connectivity index (χ4v) is 5.38. The highest BCUT2D eigenvalue weighted by Crippen LogP contribution is 2.43. The molecule has 44 heavy (non-hydrogen) atoms. The number of esters is 2. The molecule has 8 nitrogen and oxygen atoms in total. The maximum atomic E-state index is 12.4. The Hall–Kier alpha value is -1.47. The predicted molar refractivity (Wildman–Crippen MR) is 179 cm³/mol. The Morgan fingerprint density at radius 2 is 1.07 bits per heavy atom. The second kappa shape index (κ2) is 31.5. The number of phosphoric acid groups is 1. The van der Waals surface area contributed by atoms with E-state index >= 15 is 0 Å². The summed E-state index contributed by atoms with van der Waals surface area (Å²) in [5, 5.41) is 0. The fourth-order valence-electron chi connectivity index (χ4n) is 4.62. The molecule has 0 spiro atoms. The summed E-state index contributed by atoms with van der Waals surface area (Å²) in [4.78, 5) is 34.4. The van der Waals surface area contributed by atoms with Crippen molar-refractivity contribution in [2.75, 3.05) is 19.8 Å². The second-order valence-electron chi connectivity index (χ2n) is 11.5. The van der Waals surface area contributed by atoms with E-state index in [1.165, 1.54) is 44.9 Å². The molecule has 2 atom stereocenters. The third-order valence-corrected chi connectivity index (χ3v) is 8.27. The van der Waals surface area contributed by atoms with E-state index in [9.17, 15) is 19.0 Å². The summed E-state index contributed by atoms with van der Waals surface area (Å²) < 4.78 is 32.4. The Bertz CT molecular complexity index is 783. The number of carbonyl (C=O) groups is 2. The summed E-state index contributed by atoms with van der Waals surface area (Å²) in [6.45, 7) is 5.36. The van der Waals surface area contributed by atoms with Crippen LogP contribution in [0.4, 0.5) is 0 Å². The molecule has 0 aromatic rings. The molecule has 2 unspecified atom stereocenters. The first-order valence-corrected chi connectivity index (χ1v) is 19.1. The molecule has 9 heteroatoms. The third-order valence-electron chi connectivity index (χ3n) is 7.21. The molecular formula is C35H65O8P. The Morgan fingerprint density at radius 1 is 0.591 bits per heavy atom. The lowest BCUT2D eigenvalue weighted by Gasteiger charge is -2.19. The zero-order chi connectivity index (χ0) is 32.6. The zero-order valence-corrected chi connectivity index (χ0v) is 29.2. The van der Waals surface area contributed by atoms with Crippen LogP contribution in [-0.4, -0.2) is 42.8 Å². The van der Waals surface area contributed by atoms with Gasteiger partial charge >= 0.3 is 19.8 Å². The first kappa shape index (κ1) is 42.5. The van der Waals surface area contributed by atoms with Gasteiger partial charge in [-0.25, -0.2) is 4.57 Å². The van der Waals surface area contributed by atoms with Gasteiger partial charge in [-0.15, -0.1) is 0 Å². The van der Waals surface area contributed by atoms with Crippen LogP contribution in [0.1, 0.15) is 162 Å². The smallest absolute Gasteiger partial charge is 0.462 e. The molecule has 0 radical (unpaired) electrons. The van der Waals surface area contributed by atoms with Crippen molar-refractivity contribution in [3.05, 3.63) is 24.3 Å². The van der Waals surface area contributed by atoms with Crippen molar-refractivity contribution < 1.29 is 37.6 Å². The summed E-state index contributed by atoms with van der Waals surface area (Å²) in [5.74, 6) is -0.822. The summed E-state index contributed by atoms with van der Waals surface area (Å²) in [6, 6.07) is 0. The molecule has 258 valence electrons. The van der Waals surface area contributed by atoms with Gasteiger partial charge in [-0.3, -0.25) is 18.6 Å². The van der Waals surface area contributed by atoms with Crippen molar-refractivity contribution in [3.8, 4) is 0 Å². The van der Waals surface area contributed by atoms with Crippen LogP contribution in [0.25, 0.3) is 0 Å². The summed E-state index contributed by atoms with van der Waals surface area (Å²) in [7, 11) is -4.27. The van der Waals surface area contributed by atoms with Gasteiger partial charge in [0.1, 0.15) is 6.61 Å². The standard InChI is InChI=1S/C35H65O8P/c1-4-7-9-11-13-15-17-18-19-20-22-24-26-28-30-35(37)43-33(32-42-44(38,39)41-6-3)31-40-34(36)29-27-25-23-21-16-14-12-10-8-5-2/h10,12,17-18,33H,4-9,11,13-16,19-32H2,1-3H3,(H,38,39)/b12-10-,18-17-. The molecule has 0 heterocycles. The van der Waals surface area contributed by atoms with Crippen LogP contribution in [0.3, 0.4) is 0 Å². The van der Waals surface area contributed by atoms with Crippen LogP contribution in [0.5, 0.6) is 0 Å². The minimum Gasteiger partial charge on any atom is -0.462 e. The second-order valence-corrected chi connectivity index (χ2v) is 13.0. The fraction of sp³-hybridized carbons (Fsp3) is 0.829. The van der Waals surface area contributed by atoms with E-state index in [0.717, 1.165) is 77.0 Å². The number of rotatable bonds is 32. The van der Waals surface area contributed by atoms with Crippen LogP contribution in [0.2, 0.25) is 0 Å². The van der Waals surface area contributed by atoms with Gasteiger partial charge in [0.15, 0.2) is 6.10 Å². The molecule has 1 N–H and O–H groups in total. The topological polar surface area (TPSA) is 108 Å². The minimum absolute atomic E-state index is 0.00180. The molecule has 0 amide bonds. The highest BCUT2D eigenvalue weighted by Gasteiger charge is 2.25. The minimum atomic E-state index is -4.27. The first-order chi connectivity index (χ1) is 21.3.